The van der Waals surface area contributed by atoms with Crippen LogP contribution in [-0.4, -0.2) is 38.5 Å². The second-order valence-electron chi connectivity index (χ2n) is 5.70. The van der Waals surface area contributed by atoms with Gasteiger partial charge in [-0.2, -0.15) is 0 Å². The van der Waals surface area contributed by atoms with Crippen molar-refractivity contribution in [3.05, 3.63) is 29.6 Å². The smallest absolute Gasteiger partial charge is 0.335 e. The molecule has 0 aromatic heterocycles. The molecule has 0 radical (unpaired) electrons. The van der Waals surface area contributed by atoms with Crippen LogP contribution >= 0.6 is 0 Å². The number of halogens is 1. The predicted octanol–water partition coefficient (Wildman–Crippen LogP) is 2.47. The highest BCUT2D eigenvalue weighted by Gasteiger charge is 2.29. The summed E-state index contributed by atoms with van der Waals surface area (Å²) in [6.45, 7) is 0. The highest BCUT2D eigenvalue weighted by Crippen LogP contribution is 2.30. The molecule has 128 valence electrons. The SMILES string of the molecule is CO[C@@H](CS(=O)(=O)Nc1ccc(C(=O)O)cc1F)C1CCCC1. The number of benzene rings is 1. The van der Waals surface area contributed by atoms with Gasteiger partial charge in [-0.1, -0.05) is 12.8 Å². The molecule has 1 aromatic carbocycles. The van der Waals surface area contributed by atoms with Gasteiger partial charge in [-0.25, -0.2) is 17.6 Å². The Labute approximate surface area is 134 Å². The highest BCUT2D eigenvalue weighted by atomic mass is 32.2. The molecule has 1 atom stereocenters. The lowest BCUT2D eigenvalue weighted by Crippen LogP contribution is -2.32. The van der Waals surface area contributed by atoms with Crippen molar-refractivity contribution < 1.29 is 27.4 Å². The van der Waals surface area contributed by atoms with Crippen molar-refractivity contribution in [1.29, 1.82) is 0 Å². The zero-order chi connectivity index (χ0) is 17.0. The number of carboxylic acid groups (broad SMARTS) is 1. The van der Waals surface area contributed by atoms with Crippen LogP contribution in [0, 0.1) is 11.7 Å². The Bertz CT molecular complexity index is 670. The molecule has 0 unspecified atom stereocenters. The van der Waals surface area contributed by atoms with E-state index in [1.165, 1.54) is 7.11 Å². The Morgan fingerprint density at radius 2 is 2.09 bits per heavy atom. The van der Waals surface area contributed by atoms with E-state index in [1.807, 2.05) is 0 Å². The topological polar surface area (TPSA) is 92.7 Å². The van der Waals surface area contributed by atoms with Gasteiger partial charge < -0.3 is 9.84 Å². The number of methoxy groups -OCH3 is 1. The minimum Gasteiger partial charge on any atom is -0.478 e. The summed E-state index contributed by atoms with van der Waals surface area (Å²) in [5.41, 5.74) is -0.512. The van der Waals surface area contributed by atoms with Crippen LogP contribution in [0.1, 0.15) is 36.0 Å². The van der Waals surface area contributed by atoms with E-state index in [1.54, 1.807) is 0 Å². The third-order valence-corrected chi connectivity index (χ3v) is 5.39. The molecule has 1 fully saturated rings. The lowest BCUT2D eigenvalue weighted by Gasteiger charge is -2.22. The Balaban J connectivity index is 2.09. The number of hydrogen-bond donors (Lipinski definition) is 2. The molecule has 1 aromatic rings. The van der Waals surface area contributed by atoms with Gasteiger partial charge in [0.1, 0.15) is 5.82 Å². The van der Waals surface area contributed by atoms with Gasteiger partial charge in [0, 0.05) is 7.11 Å². The summed E-state index contributed by atoms with van der Waals surface area (Å²) >= 11 is 0. The van der Waals surface area contributed by atoms with Crippen LogP contribution < -0.4 is 4.72 Å². The van der Waals surface area contributed by atoms with Crippen molar-refractivity contribution in [3.63, 3.8) is 0 Å². The lowest BCUT2D eigenvalue weighted by atomic mass is 10.0. The van der Waals surface area contributed by atoms with E-state index in [4.69, 9.17) is 9.84 Å². The molecule has 1 aliphatic carbocycles. The van der Waals surface area contributed by atoms with Gasteiger partial charge in [-0.05, 0) is 37.0 Å². The van der Waals surface area contributed by atoms with E-state index in [0.717, 1.165) is 43.9 Å². The van der Waals surface area contributed by atoms with E-state index >= 15 is 0 Å². The number of hydrogen-bond acceptors (Lipinski definition) is 4. The number of rotatable bonds is 7. The number of carboxylic acids is 1. The number of nitrogens with one attached hydrogen (secondary N) is 1. The Hall–Kier alpha value is -1.67. The van der Waals surface area contributed by atoms with Crippen LogP contribution in [-0.2, 0) is 14.8 Å². The molecule has 0 spiro atoms. The number of aromatic carboxylic acids is 1. The second kappa shape index (κ2) is 7.27. The summed E-state index contributed by atoms with van der Waals surface area (Å²) in [6.07, 6.45) is 3.54. The molecule has 0 amide bonds. The normalized spacial score (nSPS) is 17.1. The molecule has 0 saturated heterocycles. The minimum absolute atomic E-state index is 0.191. The highest BCUT2D eigenvalue weighted by molar-refractivity contribution is 7.92. The number of ether oxygens (including phenoxy) is 1. The average molecular weight is 345 g/mol. The minimum atomic E-state index is -3.80. The molecule has 23 heavy (non-hydrogen) atoms. The number of sulfonamides is 1. The van der Waals surface area contributed by atoms with E-state index in [-0.39, 0.29) is 22.9 Å². The summed E-state index contributed by atoms with van der Waals surface area (Å²) < 4.78 is 45.7. The third kappa shape index (κ3) is 4.65. The number of anilines is 1. The van der Waals surface area contributed by atoms with Gasteiger partial charge >= 0.3 is 5.97 Å². The molecule has 8 heteroatoms. The maximum absolute atomic E-state index is 13.8. The van der Waals surface area contributed by atoms with Crippen molar-refractivity contribution in [1.82, 2.24) is 0 Å². The maximum Gasteiger partial charge on any atom is 0.335 e. The van der Waals surface area contributed by atoms with E-state index < -0.39 is 27.9 Å². The fourth-order valence-electron chi connectivity index (χ4n) is 2.88. The Kier molecular flexibility index (Phi) is 5.59. The molecule has 2 rings (SSSR count). The number of carbonyl (C=O) groups is 1. The van der Waals surface area contributed by atoms with Crippen LogP contribution in [0.4, 0.5) is 10.1 Å². The van der Waals surface area contributed by atoms with Crippen molar-refractivity contribution in [2.75, 3.05) is 17.6 Å². The summed E-state index contributed by atoms with van der Waals surface area (Å²) in [6, 6.07) is 3.03. The van der Waals surface area contributed by atoms with Crippen molar-refractivity contribution in [2.24, 2.45) is 5.92 Å². The second-order valence-corrected chi connectivity index (χ2v) is 7.47. The zero-order valence-corrected chi connectivity index (χ0v) is 13.6. The summed E-state index contributed by atoms with van der Waals surface area (Å²) in [4.78, 5) is 10.8. The summed E-state index contributed by atoms with van der Waals surface area (Å²) in [5.74, 6) is -2.27. The molecule has 6 nitrogen and oxygen atoms in total. The fourth-order valence-corrected chi connectivity index (χ4v) is 4.31. The van der Waals surface area contributed by atoms with Gasteiger partial charge in [-0.15, -0.1) is 0 Å². The standard InChI is InChI=1S/C15H20FNO5S/c1-22-14(10-4-2-3-5-10)9-23(20,21)17-13-7-6-11(15(18)19)8-12(13)16/h6-8,10,14,17H,2-5,9H2,1H3,(H,18,19)/t14-/m0/s1. The largest absolute Gasteiger partial charge is 0.478 e. The van der Waals surface area contributed by atoms with Crippen molar-refractivity contribution >= 4 is 21.7 Å². The van der Waals surface area contributed by atoms with Gasteiger partial charge in [0.2, 0.25) is 10.0 Å². The molecule has 0 heterocycles. The molecular weight excluding hydrogens is 325 g/mol. The van der Waals surface area contributed by atoms with Crippen molar-refractivity contribution in [3.8, 4) is 0 Å². The van der Waals surface area contributed by atoms with Crippen LogP contribution in [0.2, 0.25) is 0 Å². The zero-order valence-electron chi connectivity index (χ0n) is 12.8. The van der Waals surface area contributed by atoms with Crippen LogP contribution in [0.15, 0.2) is 18.2 Å². The maximum atomic E-state index is 13.8. The first kappa shape index (κ1) is 17.7. The Morgan fingerprint density at radius 1 is 1.43 bits per heavy atom. The molecular formula is C15H20FNO5S. The predicted molar refractivity (Wildman–Crippen MR) is 83.5 cm³/mol. The van der Waals surface area contributed by atoms with E-state index in [0.29, 0.717) is 0 Å². The molecule has 1 aliphatic rings. The van der Waals surface area contributed by atoms with Crippen LogP contribution in [0.3, 0.4) is 0 Å². The van der Waals surface area contributed by atoms with E-state index in [2.05, 4.69) is 4.72 Å². The summed E-state index contributed by atoms with van der Waals surface area (Å²) in [5, 5.41) is 8.78. The van der Waals surface area contributed by atoms with Gasteiger partial charge in [0.25, 0.3) is 0 Å². The first-order valence-corrected chi connectivity index (χ1v) is 9.04. The third-order valence-electron chi connectivity index (χ3n) is 4.09. The van der Waals surface area contributed by atoms with Crippen molar-refractivity contribution in [2.45, 2.75) is 31.8 Å². The monoisotopic (exact) mass is 345 g/mol. The average Bonchev–Trinajstić information content (AvgIpc) is 3.00. The van der Waals surface area contributed by atoms with Crippen LogP contribution in [0.5, 0.6) is 0 Å². The quantitative estimate of drug-likeness (QED) is 0.792. The lowest BCUT2D eigenvalue weighted by molar-refractivity contribution is 0.0696. The molecule has 0 bridgehead atoms. The molecule has 1 saturated carbocycles. The van der Waals surface area contributed by atoms with E-state index in [9.17, 15) is 17.6 Å². The molecule has 2 N–H and O–H groups in total. The molecule has 0 aliphatic heterocycles. The summed E-state index contributed by atoms with van der Waals surface area (Å²) in [7, 11) is -2.33. The first-order valence-electron chi connectivity index (χ1n) is 7.38. The van der Waals surface area contributed by atoms with Crippen LogP contribution in [0.25, 0.3) is 0 Å². The fraction of sp³-hybridized carbons (Fsp3) is 0.533. The van der Waals surface area contributed by atoms with Gasteiger partial charge in [-0.3, -0.25) is 4.72 Å². The first-order chi connectivity index (χ1) is 10.8. The van der Waals surface area contributed by atoms with Gasteiger partial charge in [0.05, 0.1) is 23.1 Å². The Morgan fingerprint density at radius 3 is 2.61 bits per heavy atom. The van der Waals surface area contributed by atoms with Gasteiger partial charge in [0.15, 0.2) is 0 Å².